The lowest BCUT2D eigenvalue weighted by Gasteiger charge is -2.04. The van der Waals surface area contributed by atoms with Crippen molar-refractivity contribution < 1.29 is 15.1 Å². The topological polar surface area (TPSA) is 34.1 Å². The summed E-state index contributed by atoms with van der Waals surface area (Å²) in [6, 6.07) is 0. The highest BCUT2D eigenvalue weighted by Gasteiger charge is 2.16. The summed E-state index contributed by atoms with van der Waals surface area (Å²) in [6.45, 7) is 0. The molecule has 0 aromatic heterocycles. The zero-order valence-electron chi connectivity index (χ0n) is 8.23. The third-order valence-corrected chi connectivity index (χ3v) is 0.934. The van der Waals surface area contributed by atoms with Gasteiger partial charge in [-0.1, -0.05) is 0 Å². The van der Waals surface area contributed by atoms with Gasteiger partial charge in [0.05, 0.1) is 0 Å². The number of rotatable bonds is 0. The van der Waals surface area contributed by atoms with Crippen molar-refractivity contribution in [3.63, 3.8) is 0 Å². The van der Waals surface area contributed by atoms with E-state index in [1.54, 1.807) is 0 Å². The van der Waals surface area contributed by atoms with E-state index in [0.717, 1.165) is 0 Å². The Balaban J connectivity index is 2.95. The van der Waals surface area contributed by atoms with Crippen LogP contribution in [0.5, 0.6) is 0 Å². The van der Waals surface area contributed by atoms with Gasteiger partial charge >= 0.3 is 0 Å². The number of hydrogen-bond acceptors (Lipinski definition) is 2. The van der Waals surface area contributed by atoms with Crippen LogP contribution in [0, 0.1) is 0 Å². The van der Waals surface area contributed by atoms with Crippen LogP contribution in [0.1, 0.15) is 31.1 Å². The average molecular weight is 116 g/mol. The fourth-order valence-corrected chi connectivity index (χ4v) is 0.483. The largest absolute Gasteiger partial charge is 0.291 e. The van der Waals surface area contributed by atoms with Gasteiger partial charge in [0.1, 0.15) is 0 Å². The van der Waals surface area contributed by atoms with E-state index in [-0.39, 0.29) is 0 Å². The number of Topliss-reactive ketones (excluding diaryl/α,β-unsaturated/α-hetero) is 2. The molecular formula is C6H8O2. The summed E-state index contributed by atoms with van der Waals surface area (Å²) in [7, 11) is 0. The van der Waals surface area contributed by atoms with Gasteiger partial charge in [0.25, 0.3) is 0 Å². The van der Waals surface area contributed by atoms with Gasteiger partial charge in [-0.3, -0.25) is 9.59 Å². The molecule has 0 atom stereocenters. The molecule has 0 bridgehead atoms. The predicted octanol–water partition coefficient (Wildman–Crippen LogP) is 0.699. The Bertz CT molecular complexity index is 220. The van der Waals surface area contributed by atoms with Crippen LogP contribution >= 0.6 is 0 Å². The first-order chi connectivity index (χ1) is 5.26. The fraction of sp³-hybridized carbons (Fsp3) is 0.667. The molecule has 2 heteroatoms. The molecule has 2 nitrogen and oxygen atoms in total. The predicted molar refractivity (Wildman–Crippen MR) is 28.5 cm³/mol. The zero-order valence-corrected chi connectivity index (χ0v) is 4.23. The van der Waals surface area contributed by atoms with Crippen molar-refractivity contribution >= 4 is 11.6 Å². The molecular weight excluding hydrogens is 104 g/mol. The Kier molecular flexibility index (Phi) is 0.594. The van der Waals surface area contributed by atoms with Gasteiger partial charge < -0.3 is 0 Å². The molecule has 0 aromatic rings. The highest BCUT2D eigenvalue weighted by molar-refractivity contribution is 6.37. The zero-order chi connectivity index (χ0) is 9.57. The first kappa shape index (κ1) is 2.29. The second-order valence-electron chi connectivity index (χ2n) is 1.55. The molecule has 0 aliphatic heterocycles. The van der Waals surface area contributed by atoms with Crippen LogP contribution in [0.4, 0.5) is 0 Å². The molecule has 0 saturated heterocycles. The van der Waals surface area contributed by atoms with E-state index in [2.05, 4.69) is 0 Å². The van der Waals surface area contributed by atoms with Crippen LogP contribution in [0.2, 0.25) is 0 Å². The molecule has 1 saturated carbocycles. The van der Waals surface area contributed by atoms with Crippen molar-refractivity contribution in [2.45, 2.75) is 25.6 Å². The number of ketones is 2. The van der Waals surface area contributed by atoms with Crippen molar-refractivity contribution in [1.82, 2.24) is 0 Å². The van der Waals surface area contributed by atoms with Crippen LogP contribution < -0.4 is 0 Å². The van der Waals surface area contributed by atoms with Gasteiger partial charge in [-0.2, -0.15) is 0 Å². The van der Waals surface area contributed by atoms with Crippen molar-refractivity contribution in [3.8, 4) is 0 Å². The van der Waals surface area contributed by atoms with E-state index in [0.29, 0.717) is 0 Å². The monoisotopic (exact) mass is 116 g/mol. The molecule has 1 fully saturated rings. The Morgan fingerprint density at radius 1 is 1.12 bits per heavy atom. The summed E-state index contributed by atoms with van der Waals surface area (Å²) in [5.74, 6) is -1.62. The maximum absolute atomic E-state index is 10.7. The molecule has 0 spiro atoms. The SMILES string of the molecule is [2H]C1([2H])CC(=O)C(=O)CC1([2H])[2H]. The van der Waals surface area contributed by atoms with Gasteiger partial charge in [0.2, 0.25) is 0 Å². The highest BCUT2D eigenvalue weighted by Crippen LogP contribution is 2.09. The lowest BCUT2D eigenvalue weighted by Crippen LogP contribution is -2.17. The van der Waals surface area contributed by atoms with Gasteiger partial charge in [0.15, 0.2) is 11.6 Å². The molecule has 8 heavy (non-hydrogen) atoms. The van der Waals surface area contributed by atoms with E-state index >= 15 is 0 Å². The number of hydrogen-bond donors (Lipinski definition) is 0. The van der Waals surface area contributed by atoms with Crippen molar-refractivity contribution in [2.75, 3.05) is 0 Å². The summed E-state index contributed by atoms with van der Waals surface area (Å²) < 4.78 is 28.7. The third kappa shape index (κ3) is 0.941. The minimum absolute atomic E-state index is 0.640. The van der Waals surface area contributed by atoms with Crippen LogP contribution in [0.25, 0.3) is 0 Å². The van der Waals surface area contributed by atoms with Gasteiger partial charge in [-0.15, -0.1) is 0 Å². The standard InChI is InChI=1S/C6H8O2/c7-5-3-1-2-4-6(5)8/h1-4H2/i1D2,2D2. The Hall–Kier alpha value is -0.660. The van der Waals surface area contributed by atoms with E-state index in [4.69, 9.17) is 5.48 Å². The summed E-state index contributed by atoms with van der Waals surface area (Å²) in [6.07, 6.45) is -5.70. The lowest BCUT2D eigenvalue weighted by molar-refractivity contribution is -0.137. The Morgan fingerprint density at radius 3 is 1.88 bits per heavy atom. The Labute approximate surface area is 53.5 Å². The van der Waals surface area contributed by atoms with Crippen molar-refractivity contribution in [1.29, 1.82) is 0 Å². The molecule has 0 aromatic carbocycles. The van der Waals surface area contributed by atoms with Crippen LogP contribution in [-0.2, 0) is 9.59 Å². The number of carbonyl (C=O) groups excluding carboxylic acids is 2. The summed E-state index contributed by atoms with van der Waals surface area (Å²) in [5.41, 5.74) is 0. The maximum Gasteiger partial charge on any atom is 0.198 e. The first-order valence-electron chi connectivity index (χ1n) is 4.32. The molecule has 1 aliphatic carbocycles. The van der Waals surface area contributed by atoms with Crippen molar-refractivity contribution in [3.05, 3.63) is 0 Å². The van der Waals surface area contributed by atoms with E-state index in [9.17, 15) is 9.59 Å². The maximum atomic E-state index is 10.7. The highest BCUT2D eigenvalue weighted by atomic mass is 16.2. The summed E-state index contributed by atoms with van der Waals surface area (Å²) in [4.78, 5) is 21.5. The average Bonchev–Trinajstić information content (AvgIpc) is 1.82. The molecule has 0 N–H and O–H groups in total. The second kappa shape index (κ2) is 2.07. The number of carbonyl (C=O) groups is 2. The minimum Gasteiger partial charge on any atom is -0.291 e. The van der Waals surface area contributed by atoms with Gasteiger partial charge in [0, 0.05) is 18.3 Å². The quantitative estimate of drug-likeness (QED) is 0.436. The van der Waals surface area contributed by atoms with Crippen LogP contribution in [-0.4, -0.2) is 11.6 Å². The Morgan fingerprint density at radius 2 is 1.50 bits per heavy atom. The third-order valence-electron chi connectivity index (χ3n) is 0.934. The van der Waals surface area contributed by atoms with Crippen LogP contribution in [0.15, 0.2) is 0 Å². The lowest BCUT2D eigenvalue weighted by atomic mass is 9.98. The van der Waals surface area contributed by atoms with Gasteiger partial charge in [-0.25, -0.2) is 0 Å². The first-order valence-corrected chi connectivity index (χ1v) is 2.32. The molecule has 1 rings (SSSR count). The van der Waals surface area contributed by atoms with E-state index in [1.165, 1.54) is 0 Å². The normalized spacial score (nSPS) is 41.5. The van der Waals surface area contributed by atoms with E-state index in [1.807, 2.05) is 0 Å². The smallest absolute Gasteiger partial charge is 0.198 e. The van der Waals surface area contributed by atoms with Crippen molar-refractivity contribution in [2.24, 2.45) is 0 Å². The molecule has 1 aliphatic rings. The summed E-state index contributed by atoms with van der Waals surface area (Å²) >= 11 is 0. The molecule has 0 radical (unpaired) electrons. The minimum atomic E-state index is -2.21. The fourth-order valence-electron chi connectivity index (χ4n) is 0.483. The molecule has 0 heterocycles. The second-order valence-corrected chi connectivity index (χ2v) is 1.55. The molecule has 44 valence electrons. The van der Waals surface area contributed by atoms with Gasteiger partial charge in [-0.05, 0) is 12.7 Å². The molecule has 0 amide bonds. The van der Waals surface area contributed by atoms with E-state index < -0.39 is 37.2 Å². The van der Waals surface area contributed by atoms with Crippen LogP contribution in [0.3, 0.4) is 0 Å². The summed E-state index contributed by atoms with van der Waals surface area (Å²) in [5, 5.41) is 0. The molecule has 0 unspecified atom stereocenters.